The van der Waals surface area contributed by atoms with Crippen LogP contribution in [0.1, 0.15) is 25.4 Å². The highest BCUT2D eigenvalue weighted by Crippen LogP contribution is 2.23. The summed E-state index contributed by atoms with van der Waals surface area (Å²) in [5.74, 6) is 0.588. The molecule has 0 bridgehead atoms. The van der Waals surface area contributed by atoms with Gasteiger partial charge in [-0.2, -0.15) is 5.10 Å². The molecule has 3 aromatic heterocycles. The first-order valence-electron chi connectivity index (χ1n) is 7.79. The zero-order valence-corrected chi connectivity index (χ0v) is 14.2. The Bertz CT molecular complexity index is 1130. The van der Waals surface area contributed by atoms with E-state index in [0.717, 1.165) is 33.5 Å². The highest BCUT2D eigenvalue weighted by molar-refractivity contribution is 7.16. The average Bonchev–Trinajstić information content (AvgIpc) is 3.20. The summed E-state index contributed by atoms with van der Waals surface area (Å²) in [6, 6.07) is 9.95. The van der Waals surface area contributed by atoms with Gasteiger partial charge in [0.05, 0.1) is 16.6 Å². The van der Waals surface area contributed by atoms with Crippen molar-refractivity contribution in [1.29, 1.82) is 0 Å². The topological polar surface area (TPSA) is 63.6 Å². The summed E-state index contributed by atoms with van der Waals surface area (Å²) in [6.07, 6.45) is 1.98. The predicted octanol–water partition coefficient (Wildman–Crippen LogP) is 3.91. The molecular weight excluding hydrogens is 320 g/mol. The largest absolute Gasteiger partial charge is 0.306 e. The van der Waals surface area contributed by atoms with Crippen LogP contribution in [0.3, 0.4) is 0 Å². The van der Waals surface area contributed by atoms with E-state index in [1.54, 1.807) is 6.07 Å². The fourth-order valence-electron chi connectivity index (χ4n) is 2.83. The smallest absolute Gasteiger partial charge is 0.259 e. The van der Waals surface area contributed by atoms with Crippen LogP contribution >= 0.6 is 11.3 Å². The molecule has 6 heteroatoms. The molecule has 0 saturated heterocycles. The van der Waals surface area contributed by atoms with E-state index in [1.165, 1.54) is 11.3 Å². The molecule has 0 fully saturated rings. The summed E-state index contributed by atoms with van der Waals surface area (Å²) < 4.78 is 1.98. The second-order valence-corrected chi connectivity index (χ2v) is 6.49. The summed E-state index contributed by atoms with van der Waals surface area (Å²) in [6.45, 7) is 4.82. The lowest BCUT2D eigenvalue weighted by Gasteiger charge is -2.00. The first-order valence-corrected chi connectivity index (χ1v) is 8.67. The number of nitrogens with zero attached hydrogens (tertiary/aromatic N) is 3. The van der Waals surface area contributed by atoms with Crippen LogP contribution in [0.25, 0.3) is 32.8 Å². The van der Waals surface area contributed by atoms with Crippen molar-refractivity contribution in [3.05, 3.63) is 57.6 Å². The fraction of sp³-hybridized carbons (Fsp3) is 0.167. The third-order valence-corrected chi connectivity index (χ3v) is 4.85. The number of H-pyrrole nitrogens is 1. The molecular formula is C18H16N4OS. The lowest BCUT2D eigenvalue weighted by Crippen LogP contribution is -2.09. The molecule has 0 aliphatic heterocycles. The van der Waals surface area contributed by atoms with Crippen molar-refractivity contribution >= 4 is 44.1 Å². The Labute approximate surface area is 142 Å². The van der Waals surface area contributed by atoms with Crippen LogP contribution < -0.4 is 5.56 Å². The maximum atomic E-state index is 12.1. The van der Waals surface area contributed by atoms with Crippen molar-refractivity contribution in [3.8, 4) is 0 Å². The number of nitrogens with one attached hydrogen (secondary N) is 1. The van der Waals surface area contributed by atoms with E-state index in [4.69, 9.17) is 0 Å². The number of thiophene rings is 1. The lowest BCUT2D eigenvalue weighted by atomic mass is 10.1. The molecule has 3 heterocycles. The van der Waals surface area contributed by atoms with Gasteiger partial charge in [0.2, 0.25) is 0 Å². The van der Waals surface area contributed by atoms with Crippen molar-refractivity contribution in [2.75, 3.05) is 0 Å². The van der Waals surface area contributed by atoms with Gasteiger partial charge in [0.25, 0.3) is 5.56 Å². The minimum atomic E-state index is -0.104. The molecule has 4 aromatic rings. The SMILES string of the molecule is CCn1nc(/C=C(\C)c2nc3sccc3c(=O)[nH]2)c2ccccc21. The van der Waals surface area contributed by atoms with E-state index in [2.05, 4.69) is 34.1 Å². The van der Waals surface area contributed by atoms with Gasteiger partial charge in [-0.1, -0.05) is 18.2 Å². The minimum Gasteiger partial charge on any atom is -0.306 e. The normalized spacial score (nSPS) is 12.3. The molecule has 0 radical (unpaired) electrons. The highest BCUT2D eigenvalue weighted by atomic mass is 32.1. The Kier molecular flexibility index (Phi) is 3.54. The third-order valence-electron chi connectivity index (χ3n) is 4.05. The number of aryl methyl sites for hydroxylation is 1. The van der Waals surface area contributed by atoms with Gasteiger partial charge in [0.15, 0.2) is 0 Å². The first-order chi connectivity index (χ1) is 11.7. The number of hydrogen-bond donors (Lipinski definition) is 1. The molecule has 1 N–H and O–H groups in total. The number of aromatic nitrogens is 4. The molecule has 0 atom stereocenters. The molecule has 0 saturated carbocycles. The van der Waals surface area contributed by atoms with Crippen molar-refractivity contribution in [3.63, 3.8) is 0 Å². The Hall–Kier alpha value is -2.73. The zero-order valence-electron chi connectivity index (χ0n) is 13.4. The molecule has 0 spiro atoms. The van der Waals surface area contributed by atoms with E-state index in [0.29, 0.717) is 11.2 Å². The highest BCUT2D eigenvalue weighted by Gasteiger charge is 2.10. The Morgan fingerprint density at radius 3 is 2.96 bits per heavy atom. The van der Waals surface area contributed by atoms with E-state index in [9.17, 15) is 4.79 Å². The second kappa shape index (κ2) is 5.72. The Balaban J connectivity index is 1.86. The van der Waals surface area contributed by atoms with Gasteiger partial charge in [-0.25, -0.2) is 4.98 Å². The number of hydrogen-bond acceptors (Lipinski definition) is 4. The second-order valence-electron chi connectivity index (χ2n) is 5.60. The molecule has 0 amide bonds. The molecule has 0 unspecified atom stereocenters. The zero-order chi connectivity index (χ0) is 16.7. The summed E-state index contributed by atoms with van der Waals surface area (Å²) in [5, 5.41) is 8.28. The van der Waals surface area contributed by atoms with Crippen molar-refractivity contribution < 1.29 is 0 Å². The lowest BCUT2D eigenvalue weighted by molar-refractivity contribution is 0.681. The molecule has 0 aliphatic rings. The van der Waals surface area contributed by atoms with Gasteiger partial charge >= 0.3 is 0 Å². The predicted molar refractivity (Wildman–Crippen MR) is 99.2 cm³/mol. The summed E-state index contributed by atoms with van der Waals surface area (Å²) in [7, 11) is 0. The summed E-state index contributed by atoms with van der Waals surface area (Å²) in [4.78, 5) is 20.3. The quantitative estimate of drug-likeness (QED) is 0.617. The van der Waals surface area contributed by atoms with Gasteiger partial charge in [0, 0.05) is 11.9 Å². The molecule has 120 valence electrons. The molecule has 4 rings (SSSR count). The Morgan fingerprint density at radius 1 is 1.29 bits per heavy atom. The van der Waals surface area contributed by atoms with E-state index in [1.807, 2.05) is 35.2 Å². The molecule has 24 heavy (non-hydrogen) atoms. The number of fused-ring (bicyclic) bond motifs is 2. The van der Waals surface area contributed by atoms with Gasteiger partial charge < -0.3 is 4.98 Å². The van der Waals surface area contributed by atoms with Gasteiger partial charge in [-0.3, -0.25) is 9.48 Å². The van der Waals surface area contributed by atoms with Gasteiger partial charge in [-0.15, -0.1) is 11.3 Å². The van der Waals surface area contributed by atoms with Crippen LogP contribution in [0, 0.1) is 0 Å². The van der Waals surface area contributed by atoms with Crippen LogP contribution in [-0.2, 0) is 6.54 Å². The molecule has 1 aromatic carbocycles. The fourth-order valence-corrected chi connectivity index (χ4v) is 3.59. The number of rotatable bonds is 3. The monoisotopic (exact) mass is 336 g/mol. The van der Waals surface area contributed by atoms with Crippen LogP contribution in [0.5, 0.6) is 0 Å². The third kappa shape index (κ3) is 2.35. The molecule has 0 aliphatic carbocycles. The van der Waals surface area contributed by atoms with E-state index < -0.39 is 0 Å². The van der Waals surface area contributed by atoms with Crippen LogP contribution in [0.15, 0.2) is 40.5 Å². The van der Waals surface area contributed by atoms with Crippen molar-refractivity contribution in [2.24, 2.45) is 0 Å². The maximum Gasteiger partial charge on any atom is 0.259 e. The number of benzene rings is 1. The average molecular weight is 336 g/mol. The number of allylic oxidation sites excluding steroid dienone is 1. The Morgan fingerprint density at radius 2 is 2.12 bits per heavy atom. The standard InChI is InChI=1S/C18H16N4OS/c1-3-22-15-7-5-4-6-12(15)14(21-22)10-11(2)16-19-17(23)13-8-9-24-18(13)20-16/h4-10H,3H2,1-2H3,(H,19,20,23)/b11-10+. The minimum absolute atomic E-state index is 0.104. The number of para-hydroxylation sites is 1. The number of aromatic amines is 1. The van der Waals surface area contributed by atoms with Gasteiger partial charge in [0.1, 0.15) is 10.7 Å². The van der Waals surface area contributed by atoms with Crippen LogP contribution in [0.2, 0.25) is 0 Å². The first kappa shape index (κ1) is 14.8. The van der Waals surface area contributed by atoms with Gasteiger partial charge in [-0.05, 0) is 43.0 Å². The van der Waals surface area contributed by atoms with Crippen LogP contribution in [0.4, 0.5) is 0 Å². The van der Waals surface area contributed by atoms with Crippen molar-refractivity contribution in [1.82, 2.24) is 19.7 Å². The van der Waals surface area contributed by atoms with E-state index in [-0.39, 0.29) is 5.56 Å². The summed E-state index contributed by atoms with van der Waals surface area (Å²) in [5.41, 5.74) is 2.77. The maximum absolute atomic E-state index is 12.1. The summed E-state index contributed by atoms with van der Waals surface area (Å²) >= 11 is 1.47. The van der Waals surface area contributed by atoms with E-state index >= 15 is 0 Å². The van der Waals surface area contributed by atoms with Crippen molar-refractivity contribution in [2.45, 2.75) is 20.4 Å². The van der Waals surface area contributed by atoms with Crippen LogP contribution in [-0.4, -0.2) is 19.7 Å². The molecule has 5 nitrogen and oxygen atoms in total.